The first-order chi connectivity index (χ1) is 18.8. The van der Waals surface area contributed by atoms with Crippen molar-refractivity contribution in [3.63, 3.8) is 0 Å². The smallest absolute Gasteiger partial charge is 0.331 e. The molecule has 0 aromatic heterocycles. The SMILES string of the molecule is COCCN(CC(=O)N(CC(=O)N(CCOC)CC(=O)Oc1ccccc1OC)Cc1ccccc1)C(C)=O. The molecule has 2 aromatic rings. The molecule has 11 nitrogen and oxygen atoms in total. The maximum absolute atomic E-state index is 13.4. The van der Waals surface area contributed by atoms with Crippen LogP contribution in [0.25, 0.3) is 0 Å². The Bertz CT molecular complexity index is 1080. The maximum Gasteiger partial charge on any atom is 0.331 e. The molecule has 0 unspecified atom stereocenters. The molecule has 0 spiro atoms. The summed E-state index contributed by atoms with van der Waals surface area (Å²) < 4.78 is 20.8. The molecule has 0 aliphatic rings. The molecule has 0 saturated carbocycles. The second kappa shape index (κ2) is 16.8. The number of methoxy groups -OCH3 is 3. The van der Waals surface area contributed by atoms with Crippen LogP contribution in [0.15, 0.2) is 54.6 Å². The van der Waals surface area contributed by atoms with E-state index in [1.807, 2.05) is 30.3 Å². The van der Waals surface area contributed by atoms with Gasteiger partial charge in [0.05, 0.1) is 26.9 Å². The van der Waals surface area contributed by atoms with E-state index in [4.69, 9.17) is 18.9 Å². The first-order valence-corrected chi connectivity index (χ1v) is 12.5. The van der Waals surface area contributed by atoms with Crippen molar-refractivity contribution in [1.82, 2.24) is 14.7 Å². The molecular weight excluding hydrogens is 506 g/mol. The van der Waals surface area contributed by atoms with E-state index in [1.54, 1.807) is 24.3 Å². The minimum Gasteiger partial charge on any atom is -0.493 e. The number of esters is 1. The minimum absolute atomic E-state index is 0.108. The Labute approximate surface area is 229 Å². The number of hydrogen-bond donors (Lipinski definition) is 0. The van der Waals surface area contributed by atoms with Gasteiger partial charge < -0.3 is 33.6 Å². The molecule has 0 N–H and O–H groups in total. The van der Waals surface area contributed by atoms with Crippen molar-refractivity contribution in [1.29, 1.82) is 0 Å². The molecule has 39 heavy (non-hydrogen) atoms. The minimum atomic E-state index is -0.674. The van der Waals surface area contributed by atoms with Crippen LogP contribution in [0, 0.1) is 0 Å². The van der Waals surface area contributed by atoms with Crippen LogP contribution < -0.4 is 9.47 Å². The zero-order valence-electron chi connectivity index (χ0n) is 23.0. The summed E-state index contributed by atoms with van der Waals surface area (Å²) in [5.74, 6) is -1.24. The van der Waals surface area contributed by atoms with E-state index in [0.717, 1.165) is 5.56 Å². The predicted molar refractivity (Wildman–Crippen MR) is 143 cm³/mol. The molecule has 0 aliphatic carbocycles. The lowest BCUT2D eigenvalue weighted by Crippen LogP contribution is -2.49. The fraction of sp³-hybridized carbons (Fsp3) is 0.429. The van der Waals surface area contributed by atoms with Crippen molar-refractivity contribution in [2.24, 2.45) is 0 Å². The quantitative estimate of drug-likeness (QED) is 0.232. The van der Waals surface area contributed by atoms with E-state index in [1.165, 1.54) is 43.0 Å². The summed E-state index contributed by atoms with van der Waals surface area (Å²) in [6.07, 6.45) is 0. The predicted octanol–water partition coefficient (Wildman–Crippen LogP) is 1.60. The van der Waals surface area contributed by atoms with Crippen LogP contribution in [0.4, 0.5) is 0 Å². The van der Waals surface area contributed by atoms with Crippen molar-refractivity contribution >= 4 is 23.7 Å². The number of para-hydroxylation sites is 2. The van der Waals surface area contributed by atoms with Crippen LogP contribution >= 0.6 is 0 Å². The number of hydrogen-bond acceptors (Lipinski definition) is 8. The summed E-state index contributed by atoms with van der Waals surface area (Å²) >= 11 is 0. The number of benzene rings is 2. The molecule has 0 heterocycles. The lowest BCUT2D eigenvalue weighted by Gasteiger charge is -2.29. The monoisotopic (exact) mass is 543 g/mol. The molecule has 3 amide bonds. The Morgan fingerprint density at radius 3 is 1.79 bits per heavy atom. The highest BCUT2D eigenvalue weighted by atomic mass is 16.6. The average Bonchev–Trinajstić information content (AvgIpc) is 2.93. The summed E-state index contributed by atoms with van der Waals surface area (Å²) in [6, 6.07) is 15.9. The van der Waals surface area contributed by atoms with Gasteiger partial charge in [-0.1, -0.05) is 42.5 Å². The molecule has 0 bridgehead atoms. The average molecular weight is 544 g/mol. The molecule has 11 heteroatoms. The van der Waals surface area contributed by atoms with E-state index < -0.39 is 17.8 Å². The van der Waals surface area contributed by atoms with Gasteiger partial charge in [-0.05, 0) is 17.7 Å². The number of carbonyl (C=O) groups excluding carboxylic acids is 4. The molecule has 0 aliphatic heterocycles. The van der Waals surface area contributed by atoms with Gasteiger partial charge in [-0.25, -0.2) is 4.79 Å². The highest BCUT2D eigenvalue weighted by molar-refractivity contribution is 5.89. The van der Waals surface area contributed by atoms with Gasteiger partial charge in [0.2, 0.25) is 17.7 Å². The molecule has 0 radical (unpaired) electrons. The molecule has 0 saturated heterocycles. The number of ether oxygens (including phenoxy) is 4. The van der Waals surface area contributed by atoms with Gasteiger partial charge in [0.1, 0.15) is 13.1 Å². The Kier molecular flexibility index (Phi) is 13.5. The fourth-order valence-corrected chi connectivity index (χ4v) is 3.62. The van der Waals surface area contributed by atoms with E-state index in [-0.39, 0.29) is 64.1 Å². The number of amides is 3. The number of nitrogens with zero attached hydrogens (tertiary/aromatic N) is 3. The Morgan fingerprint density at radius 1 is 0.667 bits per heavy atom. The summed E-state index contributed by atoms with van der Waals surface area (Å²) in [5, 5.41) is 0. The van der Waals surface area contributed by atoms with E-state index >= 15 is 0 Å². The van der Waals surface area contributed by atoms with E-state index in [0.29, 0.717) is 5.75 Å². The first-order valence-electron chi connectivity index (χ1n) is 12.5. The molecule has 212 valence electrons. The van der Waals surface area contributed by atoms with Crippen molar-refractivity contribution < 1.29 is 38.1 Å². The van der Waals surface area contributed by atoms with Crippen LogP contribution in [0.1, 0.15) is 12.5 Å². The van der Waals surface area contributed by atoms with Crippen molar-refractivity contribution in [2.75, 3.05) is 67.3 Å². The third kappa shape index (κ3) is 10.7. The topological polar surface area (TPSA) is 115 Å². The van der Waals surface area contributed by atoms with Crippen LogP contribution in [0.5, 0.6) is 11.5 Å². The van der Waals surface area contributed by atoms with E-state index in [9.17, 15) is 19.2 Å². The van der Waals surface area contributed by atoms with Gasteiger partial charge in [-0.3, -0.25) is 14.4 Å². The molecule has 0 atom stereocenters. The number of rotatable bonds is 16. The van der Waals surface area contributed by atoms with Gasteiger partial charge in [-0.2, -0.15) is 0 Å². The maximum atomic E-state index is 13.4. The third-order valence-electron chi connectivity index (χ3n) is 5.76. The van der Waals surface area contributed by atoms with Crippen LogP contribution in [0.3, 0.4) is 0 Å². The largest absolute Gasteiger partial charge is 0.493 e. The van der Waals surface area contributed by atoms with Gasteiger partial charge in [0.15, 0.2) is 11.5 Å². The Balaban J connectivity index is 2.19. The Hall–Kier alpha value is -3.96. The zero-order chi connectivity index (χ0) is 28.6. The number of carbonyl (C=O) groups is 4. The van der Waals surface area contributed by atoms with Crippen LogP contribution in [-0.2, 0) is 35.2 Å². The first kappa shape index (κ1) is 31.3. The highest BCUT2D eigenvalue weighted by Gasteiger charge is 2.26. The van der Waals surface area contributed by atoms with Crippen LogP contribution in [0.2, 0.25) is 0 Å². The fourth-order valence-electron chi connectivity index (χ4n) is 3.62. The molecule has 2 aromatic carbocycles. The third-order valence-corrected chi connectivity index (χ3v) is 5.76. The van der Waals surface area contributed by atoms with Gasteiger partial charge in [0.25, 0.3) is 0 Å². The molecule has 2 rings (SSSR count). The van der Waals surface area contributed by atoms with Crippen molar-refractivity contribution in [3.8, 4) is 11.5 Å². The standard InChI is InChI=1S/C28H37N3O8/c1-22(32)29(14-16-36-2)19-27(34)31(18-23-10-6-5-7-11-23)20-26(33)30(15-17-37-3)21-28(35)39-25-13-9-8-12-24(25)38-4/h5-13H,14-21H2,1-4H3. The van der Waals surface area contributed by atoms with Crippen molar-refractivity contribution in [3.05, 3.63) is 60.2 Å². The van der Waals surface area contributed by atoms with E-state index in [2.05, 4.69) is 0 Å². The normalized spacial score (nSPS) is 10.5. The summed E-state index contributed by atoms with van der Waals surface area (Å²) in [7, 11) is 4.45. The Morgan fingerprint density at radius 2 is 1.21 bits per heavy atom. The van der Waals surface area contributed by atoms with Crippen LogP contribution in [-0.4, -0.2) is 106 Å². The lowest BCUT2D eigenvalue weighted by atomic mass is 10.2. The second-order valence-corrected chi connectivity index (χ2v) is 8.60. The van der Waals surface area contributed by atoms with Gasteiger partial charge in [-0.15, -0.1) is 0 Å². The molecular formula is C28H37N3O8. The lowest BCUT2D eigenvalue weighted by molar-refractivity contribution is -0.147. The summed E-state index contributed by atoms with van der Waals surface area (Å²) in [5.41, 5.74) is 0.809. The second-order valence-electron chi connectivity index (χ2n) is 8.60. The highest BCUT2D eigenvalue weighted by Crippen LogP contribution is 2.25. The molecule has 0 fully saturated rings. The summed E-state index contributed by atoms with van der Waals surface area (Å²) in [6.45, 7) is 1.42. The summed E-state index contributed by atoms with van der Waals surface area (Å²) in [4.78, 5) is 55.6. The zero-order valence-corrected chi connectivity index (χ0v) is 23.0. The van der Waals surface area contributed by atoms with Gasteiger partial charge in [0, 0.05) is 40.8 Å². The van der Waals surface area contributed by atoms with Crippen molar-refractivity contribution in [2.45, 2.75) is 13.5 Å². The van der Waals surface area contributed by atoms with Gasteiger partial charge >= 0.3 is 5.97 Å².